The molecule has 1 N–H and O–H groups in total. The lowest BCUT2D eigenvalue weighted by Crippen LogP contribution is -2.23. The first-order valence-corrected chi connectivity index (χ1v) is 8.99. The Kier molecular flexibility index (Phi) is 5.71. The number of ether oxygens (including phenoxy) is 1. The maximum absolute atomic E-state index is 12.1. The van der Waals surface area contributed by atoms with E-state index in [1.54, 1.807) is 10.5 Å². The number of thiazole rings is 1. The third kappa shape index (κ3) is 5.24. The van der Waals surface area contributed by atoms with Crippen molar-refractivity contribution in [3.05, 3.63) is 58.3 Å². The number of rotatable bonds is 6. The third-order valence-corrected chi connectivity index (χ3v) is 4.55. The quantitative estimate of drug-likeness (QED) is 0.610. The minimum Gasteiger partial charge on any atom is -0.406 e. The lowest BCUT2D eigenvalue weighted by molar-refractivity contribution is -0.274. The maximum atomic E-state index is 12.1. The van der Waals surface area contributed by atoms with Gasteiger partial charge in [0, 0.05) is 24.2 Å². The van der Waals surface area contributed by atoms with Crippen molar-refractivity contribution in [3.63, 3.8) is 0 Å². The number of benzene rings is 1. The van der Waals surface area contributed by atoms with Gasteiger partial charge in [-0.3, -0.25) is 9.20 Å². The number of nitrogens with zero attached hydrogens (tertiary/aromatic N) is 2. The normalized spacial score (nSPS) is 12.0. The molecule has 0 aliphatic heterocycles. The molecule has 0 fully saturated rings. The second-order valence-corrected chi connectivity index (χ2v) is 6.64. The van der Waals surface area contributed by atoms with Crippen LogP contribution in [-0.2, 0) is 11.2 Å². The van der Waals surface area contributed by atoms with Gasteiger partial charge in [0.15, 0.2) is 10.1 Å². The highest BCUT2D eigenvalue weighted by Crippen LogP contribution is 2.23. The van der Waals surface area contributed by atoms with Crippen LogP contribution in [0.2, 0.25) is 5.15 Å². The number of amides is 1. The lowest BCUT2D eigenvalue weighted by Gasteiger charge is -2.09. The summed E-state index contributed by atoms with van der Waals surface area (Å²) >= 11 is 7.47. The van der Waals surface area contributed by atoms with Crippen molar-refractivity contribution < 1.29 is 22.7 Å². The molecular formula is C17H13ClF3N3O2S. The molecule has 0 bridgehead atoms. The number of imidazole rings is 1. The second kappa shape index (κ2) is 8.01. The average Bonchev–Trinajstić information content (AvgIpc) is 3.14. The van der Waals surface area contributed by atoms with Crippen LogP contribution in [0.5, 0.6) is 5.75 Å². The van der Waals surface area contributed by atoms with E-state index in [1.807, 2.05) is 11.6 Å². The summed E-state index contributed by atoms with van der Waals surface area (Å²) in [5.74, 6) is -0.594. The van der Waals surface area contributed by atoms with Crippen molar-refractivity contribution in [2.75, 3.05) is 6.54 Å². The molecule has 0 saturated carbocycles. The zero-order valence-corrected chi connectivity index (χ0v) is 15.2. The van der Waals surface area contributed by atoms with Gasteiger partial charge in [-0.1, -0.05) is 23.7 Å². The number of carbonyl (C=O) groups excluding carboxylic acids is 1. The zero-order chi connectivity index (χ0) is 19.4. The second-order valence-electron chi connectivity index (χ2n) is 5.41. The third-order valence-electron chi connectivity index (χ3n) is 3.52. The Bertz CT molecular complexity index is 964. The molecule has 1 aromatic carbocycles. The first-order chi connectivity index (χ1) is 12.8. The minimum absolute atomic E-state index is 0.282. The smallest absolute Gasteiger partial charge is 0.406 e. The van der Waals surface area contributed by atoms with Crippen molar-refractivity contribution in [1.82, 2.24) is 14.7 Å². The van der Waals surface area contributed by atoms with Crippen molar-refractivity contribution in [1.29, 1.82) is 0 Å². The van der Waals surface area contributed by atoms with Crippen molar-refractivity contribution in [2.24, 2.45) is 0 Å². The molecule has 3 rings (SSSR count). The number of hydrogen-bond donors (Lipinski definition) is 1. The van der Waals surface area contributed by atoms with Crippen molar-refractivity contribution >= 4 is 39.9 Å². The van der Waals surface area contributed by atoms with E-state index in [-0.39, 0.29) is 11.7 Å². The van der Waals surface area contributed by atoms with Crippen LogP contribution in [-0.4, -0.2) is 28.2 Å². The first kappa shape index (κ1) is 19.2. The predicted octanol–water partition coefficient (Wildman–Crippen LogP) is 4.32. The molecule has 0 spiro atoms. The van der Waals surface area contributed by atoms with Crippen LogP contribution in [0.25, 0.3) is 11.0 Å². The summed E-state index contributed by atoms with van der Waals surface area (Å²) in [5.41, 5.74) is 1.39. The molecule has 142 valence electrons. The molecule has 5 nitrogen and oxygen atoms in total. The minimum atomic E-state index is -4.71. The van der Waals surface area contributed by atoms with Gasteiger partial charge in [0.25, 0.3) is 0 Å². The summed E-state index contributed by atoms with van der Waals surface area (Å²) in [6, 6.07) is 5.50. The van der Waals surface area contributed by atoms with E-state index in [1.165, 1.54) is 41.7 Å². The van der Waals surface area contributed by atoms with Gasteiger partial charge in [0.2, 0.25) is 5.91 Å². The summed E-state index contributed by atoms with van der Waals surface area (Å²) in [6.45, 7) is 0.330. The number of fused-ring (bicyclic) bond motifs is 1. The Labute approximate surface area is 161 Å². The molecule has 10 heteroatoms. The molecule has 2 heterocycles. The number of nitrogens with one attached hydrogen (secondary N) is 1. The summed E-state index contributed by atoms with van der Waals surface area (Å²) in [6.07, 6.45) is 0.493. The van der Waals surface area contributed by atoms with Crippen LogP contribution < -0.4 is 10.1 Å². The fraction of sp³-hybridized carbons (Fsp3) is 0.176. The standard InChI is InChI=1S/C17H13ClF3N3O2S/c18-15-13(24-9-10-27-16(24)23-15)5-6-14(25)22-8-7-11-1-3-12(4-2-11)26-17(19,20)21/h1-6,9-10H,7-8H2,(H,22,25)/b6-5+. The summed E-state index contributed by atoms with van der Waals surface area (Å²) in [5, 5.41) is 4.87. The Morgan fingerprint density at radius 3 is 2.78 bits per heavy atom. The van der Waals surface area contributed by atoms with Crippen LogP contribution in [0.15, 0.2) is 41.9 Å². The van der Waals surface area contributed by atoms with Crippen LogP contribution in [0.1, 0.15) is 11.3 Å². The Balaban J connectivity index is 1.49. The summed E-state index contributed by atoms with van der Waals surface area (Å²) in [4.78, 5) is 16.8. The van der Waals surface area contributed by atoms with Gasteiger partial charge in [-0.25, -0.2) is 4.98 Å². The van der Waals surface area contributed by atoms with E-state index in [4.69, 9.17) is 11.6 Å². The summed E-state index contributed by atoms with van der Waals surface area (Å²) in [7, 11) is 0. The Morgan fingerprint density at radius 1 is 1.33 bits per heavy atom. The molecule has 0 aliphatic carbocycles. The van der Waals surface area contributed by atoms with Gasteiger partial charge in [-0.15, -0.1) is 24.5 Å². The largest absolute Gasteiger partial charge is 0.573 e. The van der Waals surface area contributed by atoms with E-state index >= 15 is 0 Å². The van der Waals surface area contributed by atoms with Gasteiger partial charge in [-0.05, 0) is 30.2 Å². The van der Waals surface area contributed by atoms with Crippen LogP contribution in [0.3, 0.4) is 0 Å². The van der Waals surface area contributed by atoms with Gasteiger partial charge in [0.05, 0.1) is 5.69 Å². The zero-order valence-electron chi connectivity index (χ0n) is 13.7. The molecule has 2 aromatic heterocycles. The highest BCUT2D eigenvalue weighted by molar-refractivity contribution is 7.15. The molecule has 3 aromatic rings. The van der Waals surface area contributed by atoms with E-state index < -0.39 is 6.36 Å². The summed E-state index contributed by atoms with van der Waals surface area (Å²) < 4.78 is 41.9. The molecule has 1 amide bonds. The fourth-order valence-corrected chi connectivity index (χ4v) is 3.33. The van der Waals surface area contributed by atoms with Gasteiger partial charge in [-0.2, -0.15) is 0 Å². The Morgan fingerprint density at radius 2 is 2.07 bits per heavy atom. The number of hydrogen-bond acceptors (Lipinski definition) is 4. The van der Waals surface area contributed by atoms with Crippen molar-refractivity contribution in [3.8, 4) is 5.75 Å². The average molecular weight is 416 g/mol. The van der Waals surface area contributed by atoms with E-state index in [0.717, 1.165) is 10.5 Å². The number of carbonyl (C=O) groups is 1. The molecule has 27 heavy (non-hydrogen) atoms. The topological polar surface area (TPSA) is 55.6 Å². The van der Waals surface area contributed by atoms with Gasteiger partial charge < -0.3 is 10.1 Å². The van der Waals surface area contributed by atoms with Crippen LogP contribution in [0, 0.1) is 0 Å². The highest BCUT2D eigenvalue weighted by atomic mass is 35.5. The molecule has 0 aliphatic rings. The maximum Gasteiger partial charge on any atom is 0.573 e. The first-order valence-electron chi connectivity index (χ1n) is 7.73. The molecular weight excluding hydrogens is 403 g/mol. The van der Waals surface area contributed by atoms with Crippen LogP contribution in [0.4, 0.5) is 13.2 Å². The highest BCUT2D eigenvalue weighted by Gasteiger charge is 2.30. The predicted molar refractivity (Wildman–Crippen MR) is 97.0 cm³/mol. The number of halogens is 4. The Hall–Kier alpha value is -2.52. The monoisotopic (exact) mass is 415 g/mol. The van der Waals surface area contributed by atoms with Crippen LogP contribution >= 0.6 is 22.9 Å². The molecule has 0 saturated heterocycles. The van der Waals surface area contributed by atoms with E-state index in [0.29, 0.717) is 23.8 Å². The SMILES string of the molecule is O=C(/C=C/c1c(Cl)nc2sccn12)NCCc1ccc(OC(F)(F)F)cc1. The number of alkyl halides is 3. The molecule has 0 radical (unpaired) electrons. The molecule has 0 unspecified atom stereocenters. The molecule has 0 atom stereocenters. The van der Waals surface area contributed by atoms with E-state index in [9.17, 15) is 18.0 Å². The van der Waals surface area contributed by atoms with Gasteiger partial charge >= 0.3 is 6.36 Å². The lowest BCUT2D eigenvalue weighted by atomic mass is 10.1. The number of aromatic nitrogens is 2. The fourth-order valence-electron chi connectivity index (χ4n) is 2.33. The van der Waals surface area contributed by atoms with Crippen molar-refractivity contribution in [2.45, 2.75) is 12.8 Å². The van der Waals surface area contributed by atoms with Gasteiger partial charge in [0.1, 0.15) is 5.75 Å². The van der Waals surface area contributed by atoms with E-state index in [2.05, 4.69) is 15.0 Å².